The van der Waals surface area contributed by atoms with Crippen molar-refractivity contribution in [3.05, 3.63) is 48.8 Å². The van der Waals surface area contributed by atoms with Crippen LogP contribution in [0.4, 0.5) is 5.95 Å². The van der Waals surface area contributed by atoms with E-state index in [1.165, 1.54) is 0 Å². The number of aliphatic imine (C=N–C) groups is 1. The second-order valence-corrected chi connectivity index (χ2v) is 8.95. The highest BCUT2D eigenvalue weighted by molar-refractivity contribution is 14.0. The molecule has 1 atom stereocenters. The van der Waals surface area contributed by atoms with Crippen molar-refractivity contribution in [1.82, 2.24) is 20.2 Å². The molecular formula is C20H29IN6O2S. The molecule has 1 aliphatic rings. The van der Waals surface area contributed by atoms with E-state index in [1.54, 1.807) is 49.8 Å². The molecule has 30 heavy (non-hydrogen) atoms. The third kappa shape index (κ3) is 6.27. The Morgan fingerprint density at radius 3 is 2.30 bits per heavy atom. The third-order valence-corrected chi connectivity index (χ3v) is 6.81. The highest BCUT2D eigenvalue weighted by Gasteiger charge is 2.25. The summed E-state index contributed by atoms with van der Waals surface area (Å²) >= 11 is 0. The van der Waals surface area contributed by atoms with Gasteiger partial charge >= 0.3 is 0 Å². The number of aromatic nitrogens is 2. The molecule has 2 aromatic rings. The molecule has 1 N–H and O–H groups in total. The summed E-state index contributed by atoms with van der Waals surface area (Å²) < 4.78 is 25.5. The average molecular weight is 544 g/mol. The highest BCUT2D eigenvalue weighted by Crippen LogP contribution is 2.14. The summed E-state index contributed by atoms with van der Waals surface area (Å²) in [7, 11) is -1.63. The first-order valence-corrected chi connectivity index (χ1v) is 11.5. The van der Waals surface area contributed by atoms with Crippen LogP contribution in [-0.4, -0.2) is 74.3 Å². The van der Waals surface area contributed by atoms with Gasteiger partial charge in [-0.3, -0.25) is 4.99 Å². The van der Waals surface area contributed by atoms with E-state index in [9.17, 15) is 8.42 Å². The van der Waals surface area contributed by atoms with E-state index in [1.807, 2.05) is 13.0 Å². The van der Waals surface area contributed by atoms with Crippen LogP contribution < -0.4 is 10.2 Å². The molecule has 164 valence electrons. The Bertz CT molecular complexity index is 903. The summed E-state index contributed by atoms with van der Waals surface area (Å²) in [6.45, 7) is 5.07. The van der Waals surface area contributed by atoms with Crippen molar-refractivity contribution in [2.24, 2.45) is 4.99 Å². The van der Waals surface area contributed by atoms with Crippen molar-refractivity contribution in [3.8, 4) is 0 Å². The van der Waals surface area contributed by atoms with E-state index in [4.69, 9.17) is 0 Å². The third-order valence-electron chi connectivity index (χ3n) is 4.97. The maximum atomic E-state index is 12.7. The van der Waals surface area contributed by atoms with E-state index < -0.39 is 9.84 Å². The van der Waals surface area contributed by atoms with E-state index in [2.05, 4.69) is 30.1 Å². The van der Waals surface area contributed by atoms with Crippen LogP contribution in [0.25, 0.3) is 0 Å². The van der Waals surface area contributed by atoms with Gasteiger partial charge in [0, 0.05) is 51.7 Å². The summed E-state index contributed by atoms with van der Waals surface area (Å²) in [4.78, 5) is 17.6. The molecule has 0 radical (unpaired) electrons. The van der Waals surface area contributed by atoms with Gasteiger partial charge in [-0.25, -0.2) is 18.4 Å². The van der Waals surface area contributed by atoms with Gasteiger partial charge in [0.1, 0.15) is 0 Å². The normalized spacial score (nSPS) is 16.0. The fraction of sp³-hybridized carbons (Fsp3) is 0.450. The van der Waals surface area contributed by atoms with Crippen molar-refractivity contribution in [3.63, 3.8) is 0 Å². The molecule has 0 saturated carbocycles. The first-order valence-electron chi connectivity index (χ1n) is 9.81. The van der Waals surface area contributed by atoms with Crippen LogP contribution >= 0.6 is 24.0 Å². The monoisotopic (exact) mass is 544 g/mol. The van der Waals surface area contributed by atoms with Gasteiger partial charge in [-0.05, 0) is 24.6 Å². The van der Waals surface area contributed by atoms with Crippen LogP contribution in [0.3, 0.4) is 0 Å². The van der Waals surface area contributed by atoms with Crippen LogP contribution in [0.5, 0.6) is 0 Å². The lowest BCUT2D eigenvalue weighted by atomic mass is 10.2. The summed E-state index contributed by atoms with van der Waals surface area (Å²) in [6.07, 6.45) is 4.17. The number of nitrogens with one attached hydrogen (secondary N) is 1. The Morgan fingerprint density at radius 2 is 1.73 bits per heavy atom. The SMILES string of the molecule is CCC(CS(=O)(=O)c1ccccc1)NC(=NC)N1CCN(c2ncccn2)CC1.I. The number of hydrogen-bond acceptors (Lipinski definition) is 6. The van der Waals surface area contributed by atoms with E-state index in [0.29, 0.717) is 11.3 Å². The smallest absolute Gasteiger partial charge is 0.225 e. The van der Waals surface area contributed by atoms with E-state index in [0.717, 1.165) is 38.1 Å². The molecule has 1 fully saturated rings. The minimum Gasteiger partial charge on any atom is -0.352 e. The van der Waals surface area contributed by atoms with Crippen LogP contribution in [0.1, 0.15) is 13.3 Å². The Labute approximate surface area is 195 Å². The van der Waals surface area contributed by atoms with Gasteiger partial charge in [-0.2, -0.15) is 0 Å². The van der Waals surface area contributed by atoms with Crippen molar-refractivity contribution in [2.45, 2.75) is 24.3 Å². The van der Waals surface area contributed by atoms with Crippen molar-refractivity contribution in [1.29, 1.82) is 0 Å². The maximum absolute atomic E-state index is 12.7. The van der Waals surface area contributed by atoms with Crippen LogP contribution in [0.15, 0.2) is 58.7 Å². The number of nitrogens with zero attached hydrogens (tertiary/aromatic N) is 5. The quantitative estimate of drug-likeness (QED) is 0.338. The van der Waals surface area contributed by atoms with Gasteiger partial charge in [0.15, 0.2) is 15.8 Å². The van der Waals surface area contributed by atoms with Gasteiger partial charge in [-0.15, -0.1) is 24.0 Å². The van der Waals surface area contributed by atoms with Gasteiger partial charge in [0.05, 0.1) is 10.6 Å². The molecule has 2 heterocycles. The number of rotatable bonds is 6. The van der Waals surface area contributed by atoms with Crippen LogP contribution in [0, 0.1) is 0 Å². The summed E-state index contributed by atoms with van der Waals surface area (Å²) in [5, 5.41) is 3.35. The second-order valence-electron chi connectivity index (χ2n) is 6.91. The van der Waals surface area contributed by atoms with Gasteiger partial charge in [0.25, 0.3) is 0 Å². The predicted octanol–water partition coefficient (Wildman–Crippen LogP) is 2.04. The number of anilines is 1. The predicted molar refractivity (Wildman–Crippen MR) is 130 cm³/mol. The molecule has 1 aromatic heterocycles. The minimum atomic E-state index is -3.36. The van der Waals surface area contributed by atoms with Gasteiger partial charge < -0.3 is 15.1 Å². The summed E-state index contributed by atoms with van der Waals surface area (Å²) in [6, 6.07) is 10.2. The maximum Gasteiger partial charge on any atom is 0.225 e. The number of guanidine groups is 1. The van der Waals surface area contributed by atoms with Gasteiger partial charge in [-0.1, -0.05) is 25.1 Å². The molecule has 1 aromatic carbocycles. The van der Waals surface area contributed by atoms with Crippen molar-refractivity contribution in [2.75, 3.05) is 43.9 Å². The summed E-state index contributed by atoms with van der Waals surface area (Å²) in [5.74, 6) is 1.49. The first-order chi connectivity index (χ1) is 14.0. The molecule has 1 unspecified atom stereocenters. The van der Waals surface area contributed by atoms with E-state index in [-0.39, 0.29) is 35.8 Å². The van der Waals surface area contributed by atoms with Crippen molar-refractivity contribution < 1.29 is 8.42 Å². The highest BCUT2D eigenvalue weighted by atomic mass is 127. The zero-order valence-corrected chi connectivity index (χ0v) is 20.5. The molecule has 8 nitrogen and oxygen atoms in total. The Balaban J connectivity index is 0.00000320. The zero-order valence-electron chi connectivity index (χ0n) is 17.3. The lowest BCUT2D eigenvalue weighted by molar-refractivity contribution is 0.364. The Hall–Kier alpha value is -1.95. The summed E-state index contributed by atoms with van der Waals surface area (Å²) in [5.41, 5.74) is 0. The molecule has 0 amide bonds. The average Bonchev–Trinajstić information content (AvgIpc) is 2.78. The molecular weight excluding hydrogens is 515 g/mol. The Morgan fingerprint density at radius 1 is 1.10 bits per heavy atom. The largest absolute Gasteiger partial charge is 0.352 e. The molecule has 10 heteroatoms. The van der Waals surface area contributed by atoms with E-state index >= 15 is 0 Å². The fourth-order valence-corrected chi connectivity index (χ4v) is 4.92. The molecule has 3 rings (SSSR count). The second kappa shape index (κ2) is 11.4. The number of hydrogen-bond donors (Lipinski definition) is 1. The zero-order chi connectivity index (χ0) is 20.7. The number of sulfone groups is 1. The van der Waals surface area contributed by atoms with Crippen LogP contribution in [0.2, 0.25) is 0 Å². The number of piperazine rings is 1. The molecule has 1 saturated heterocycles. The standard InChI is InChI=1S/C20H28N6O2S.HI/c1-3-17(16-29(27,28)18-8-5-4-6-9-18)24-19(21-2)25-12-14-26(15-13-25)20-22-10-7-11-23-20;/h4-11,17H,3,12-16H2,1-2H3,(H,21,24);1H. The lowest BCUT2D eigenvalue weighted by Gasteiger charge is -2.37. The number of benzene rings is 1. The lowest BCUT2D eigenvalue weighted by Crippen LogP contribution is -2.55. The number of halogens is 1. The first kappa shape index (κ1) is 24.3. The Kier molecular flexibility index (Phi) is 9.28. The molecule has 1 aliphatic heterocycles. The van der Waals surface area contributed by atoms with Crippen LogP contribution in [-0.2, 0) is 9.84 Å². The fourth-order valence-electron chi connectivity index (χ4n) is 3.30. The van der Waals surface area contributed by atoms with Gasteiger partial charge in [0.2, 0.25) is 5.95 Å². The molecule has 0 bridgehead atoms. The minimum absolute atomic E-state index is 0. The topological polar surface area (TPSA) is 90.8 Å². The molecule has 0 aliphatic carbocycles. The van der Waals surface area contributed by atoms with Crippen molar-refractivity contribution >= 4 is 45.7 Å². The molecule has 0 spiro atoms.